The molecule has 0 aliphatic heterocycles. The van der Waals surface area contributed by atoms with Crippen LogP contribution in [0.2, 0.25) is 0 Å². The van der Waals surface area contributed by atoms with Crippen LogP contribution in [0.4, 0.5) is 0 Å². The third kappa shape index (κ3) is 6.65. The predicted octanol–water partition coefficient (Wildman–Crippen LogP) is 3.21. The number of unbranched alkanes of at least 4 members (excludes halogenated alkanes) is 3. The summed E-state index contributed by atoms with van der Waals surface area (Å²) in [5.74, 6) is 0.286. The second-order valence-corrected chi connectivity index (χ2v) is 6.80. The summed E-state index contributed by atoms with van der Waals surface area (Å²) in [4.78, 5) is -0.230. The molecule has 1 aromatic rings. The van der Waals surface area contributed by atoms with Gasteiger partial charge in [-0.05, 0) is 30.7 Å². The topological polar surface area (TPSA) is 83.8 Å². The highest BCUT2D eigenvalue weighted by molar-refractivity contribution is 7.85. The Morgan fingerprint density at radius 2 is 1.81 bits per heavy atom. The molecule has 0 amide bonds. The predicted molar refractivity (Wildman–Crippen MR) is 81.3 cm³/mol. The molecule has 1 rings (SSSR count). The smallest absolute Gasteiger partial charge is 0.294 e. The van der Waals surface area contributed by atoms with E-state index in [1.807, 2.05) is 0 Å². The molecule has 0 saturated carbocycles. The lowest BCUT2D eigenvalue weighted by Gasteiger charge is -2.18. The summed E-state index contributed by atoms with van der Waals surface area (Å²) in [5, 5.41) is 9.31. The van der Waals surface area contributed by atoms with Crippen molar-refractivity contribution in [1.82, 2.24) is 0 Å². The van der Waals surface area contributed by atoms with Crippen LogP contribution in [0.1, 0.15) is 39.0 Å². The Labute approximate surface area is 130 Å². The molecule has 0 saturated heterocycles. The SMILES string of the molecule is CCCCCCC(Cl)C(O)Oc1ccc(S(=O)(=O)O)cc1. The van der Waals surface area contributed by atoms with E-state index in [4.69, 9.17) is 20.9 Å². The van der Waals surface area contributed by atoms with Gasteiger partial charge in [-0.2, -0.15) is 8.42 Å². The van der Waals surface area contributed by atoms with E-state index >= 15 is 0 Å². The molecule has 2 atom stereocenters. The van der Waals surface area contributed by atoms with Crippen LogP contribution in [-0.2, 0) is 10.1 Å². The summed E-state index contributed by atoms with van der Waals surface area (Å²) in [6.07, 6.45) is 3.74. The van der Waals surface area contributed by atoms with Crippen LogP contribution in [0.25, 0.3) is 0 Å². The van der Waals surface area contributed by atoms with E-state index in [2.05, 4.69) is 6.92 Å². The Hall–Kier alpha value is -0.820. The fraction of sp³-hybridized carbons (Fsp3) is 0.571. The zero-order valence-electron chi connectivity index (χ0n) is 11.9. The molecule has 2 N–H and O–H groups in total. The van der Waals surface area contributed by atoms with Gasteiger partial charge in [0.15, 0.2) is 0 Å². The molecule has 0 aromatic heterocycles. The van der Waals surface area contributed by atoms with Crippen molar-refractivity contribution in [1.29, 1.82) is 0 Å². The number of halogens is 1. The highest BCUT2D eigenvalue weighted by Crippen LogP contribution is 2.20. The molecular formula is C14H21ClO5S. The van der Waals surface area contributed by atoms with Crippen molar-refractivity contribution in [2.45, 2.75) is 55.6 Å². The number of aliphatic hydroxyl groups excluding tert-OH is 1. The summed E-state index contributed by atoms with van der Waals surface area (Å²) >= 11 is 6.05. The molecule has 0 spiro atoms. The number of aliphatic hydroxyl groups is 1. The first-order chi connectivity index (χ1) is 9.84. The molecule has 0 heterocycles. The molecule has 0 radical (unpaired) electrons. The van der Waals surface area contributed by atoms with Gasteiger partial charge >= 0.3 is 0 Å². The fourth-order valence-electron chi connectivity index (χ4n) is 1.81. The van der Waals surface area contributed by atoms with Crippen molar-refractivity contribution in [3.05, 3.63) is 24.3 Å². The molecule has 0 bridgehead atoms. The number of hydrogen-bond acceptors (Lipinski definition) is 4. The van der Waals surface area contributed by atoms with Crippen molar-refractivity contribution in [2.75, 3.05) is 0 Å². The first-order valence-corrected chi connectivity index (χ1v) is 8.78. The highest BCUT2D eigenvalue weighted by Gasteiger charge is 2.18. The van der Waals surface area contributed by atoms with Gasteiger partial charge in [0, 0.05) is 0 Å². The highest BCUT2D eigenvalue weighted by atomic mass is 35.5. The molecule has 21 heavy (non-hydrogen) atoms. The van der Waals surface area contributed by atoms with E-state index in [0.29, 0.717) is 6.42 Å². The summed E-state index contributed by atoms with van der Waals surface area (Å²) in [6.45, 7) is 2.12. The van der Waals surface area contributed by atoms with Crippen molar-refractivity contribution >= 4 is 21.7 Å². The molecule has 0 fully saturated rings. The maximum atomic E-state index is 10.9. The van der Waals surface area contributed by atoms with Gasteiger partial charge in [0.25, 0.3) is 10.1 Å². The molecule has 7 heteroatoms. The van der Waals surface area contributed by atoms with Crippen molar-refractivity contribution in [3.8, 4) is 5.75 Å². The van der Waals surface area contributed by atoms with E-state index in [9.17, 15) is 13.5 Å². The van der Waals surface area contributed by atoms with Gasteiger partial charge < -0.3 is 9.84 Å². The van der Waals surface area contributed by atoms with E-state index in [0.717, 1.165) is 25.7 Å². The van der Waals surface area contributed by atoms with Crippen LogP contribution >= 0.6 is 11.6 Å². The average Bonchev–Trinajstić information content (AvgIpc) is 2.43. The lowest BCUT2D eigenvalue weighted by Crippen LogP contribution is -2.27. The third-order valence-corrected chi connectivity index (χ3v) is 4.32. The fourth-order valence-corrected chi connectivity index (χ4v) is 2.50. The molecule has 5 nitrogen and oxygen atoms in total. The second kappa shape index (κ2) is 8.58. The van der Waals surface area contributed by atoms with Gasteiger partial charge in [-0.1, -0.05) is 32.6 Å². The molecule has 120 valence electrons. The van der Waals surface area contributed by atoms with E-state index < -0.39 is 21.8 Å². The van der Waals surface area contributed by atoms with Crippen LogP contribution in [0.15, 0.2) is 29.2 Å². The summed E-state index contributed by atoms with van der Waals surface area (Å²) < 4.78 is 35.9. The van der Waals surface area contributed by atoms with Gasteiger partial charge in [-0.15, -0.1) is 11.6 Å². The minimum absolute atomic E-state index is 0.230. The van der Waals surface area contributed by atoms with Crippen LogP contribution < -0.4 is 4.74 Å². The maximum Gasteiger partial charge on any atom is 0.294 e. The first kappa shape index (κ1) is 18.2. The van der Waals surface area contributed by atoms with Crippen LogP contribution in [0, 0.1) is 0 Å². The number of alkyl halides is 1. The lowest BCUT2D eigenvalue weighted by molar-refractivity contribution is -0.0213. The van der Waals surface area contributed by atoms with Gasteiger partial charge in [-0.25, -0.2) is 0 Å². The summed E-state index contributed by atoms with van der Waals surface area (Å²) in [5.41, 5.74) is 0. The van der Waals surface area contributed by atoms with Crippen LogP contribution in [-0.4, -0.2) is 29.7 Å². The minimum Gasteiger partial charge on any atom is -0.464 e. The number of rotatable bonds is 9. The maximum absolute atomic E-state index is 10.9. The quantitative estimate of drug-likeness (QED) is 0.313. The average molecular weight is 337 g/mol. The minimum atomic E-state index is -4.23. The molecule has 2 unspecified atom stereocenters. The summed E-state index contributed by atoms with van der Waals surface area (Å²) in [6, 6.07) is 5.10. The van der Waals surface area contributed by atoms with E-state index in [1.165, 1.54) is 24.3 Å². The monoisotopic (exact) mass is 336 g/mol. The first-order valence-electron chi connectivity index (χ1n) is 6.91. The van der Waals surface area contributed by atoms with Crippen molar-refractivity contribution in [2.24, 2.45) is 0 Å². The molecule has 0 aliphatic carbocycles. The third-order valence-electron chi connectivity index (χ3n) is 3.02. The molecule has 1 aromatic carbocycles. The largest absolute Gasteiger partial charge is 0.464 e. The number of hydrogen-bond donors (Lipinski definition) is 2. The lowest BCUT2D eigenvalue weighted by atomic mass is 10.1. The van der Waals surface area contributed by atoms with Crippen LogP contribution in [0.3, 0.4) is 0 Å². The summed E-state index contributed by atoms with van der Waals surface area (Å²) in [7, 11) is -4.23. The van der Waals surface area contributed by atoms with Gasteiger partial charge in [0.1, 0.15) is 5.75 Å². The second-order valence-electron chi connectivity index (χ2n) is 4.82. The Morgan fingerprint density at radius 1 is 1.19 bits per heavy atom. The van der Waals surface area contributed by atoms with E-state index in [-0.39, 0.29) is 10.6 Å². The zero-order valence-corrected chi connectivity index (χ0v) is 13.5. The van der Waals surface area contributed by atoms with Crippen molar-refractivity contribution in [3.63, 3.8) is 0 Å². The number of benzene rings is 1. The Bertz CT molecular complexity index is 515. The number of ether oxygens (including phenoxy) is 1. The standard InChI is InChI=1S/C14H21ClO5S/c1-2-3-4-5-6-13(15)14(16)20-11-7-9-12(10-8-11)21(17,18)19/h7-10,13-14,16H,2-6H2,1H3,(H,17,18,19). The van der Waals surface area contributed by atoms with E-state index in [1.54, 1.807) is 0 Å². The molecule has 0 aliphatic rings. The Balaban J connectivity index is 2.48. The van der Waals surface area contributed by atoms with Crippen LogP contribution in [0.5, 0.6) is 5.75 Å². The Kier molecular flexibility index (Phi) is 7.45. The normalized spacial score (nSPS) is 14.7. The zero-order chi connectivity index (χ0) is 15.9. The van der Waals surface area contributed by atoms with Crippen molar-refractivity contribution < 1.29 is 22.8 Å². The Morgan fingerprint density at radius 3 is 2.33 bits per heavy atom. The van der Waals surface area contributed by atoms with Gasteiger partial charge in [0.05, 0.1) is 10.3 Å². The molecular weight excluding hydrogens is 316 g/mol. The van der Waals surface area contributed by atoms with Gasteiger partial charge in [-0.3, -0.25) is 4.55 Å². The van der Waals surface area contributed by atoms with Gasteiger partial charge in [0.2, 0.25) is 6.29 Å².